The van der Waals surface area contributed by atoms with Crippen molar-refractivity contribution in [1.29, 1.82) is 0 Å². The molecule has 0 N–H and O–H groups in total. The molecule has 0 atom stereocenters. The number of halogens is 2. The molecule has 7 heteroatoms. The van der Waals surface area contributed by atoms with Gasteiger partial charge in [0.25, 0.3) is 0 Å². The molecule has 0 aromatic heterocycles. The third-order valence-electron chi connectivity index (χ3n) is 2.11. The largest absolute Gasteiger partial charge is 0.514 e. The maximum absolute atomic E-state index is 11.8. The van der Waals surface area contributed by atoms with Crippen LogP contribution in [0.5, 0.6) is 17.2 Å². The number of hydrogen-bond donors (Lipinski definition) is 0. The average Bonchev–Trinajstić information content (AvgIpc) is 2.33. The predicted octanol–water partition coefficient (Wildman–Crippen LogP) is 4.54. The summed E-state index contributed by atoms with van der Waals surface area (Å²) in [7, 11) is 3.01. The monoisotopic (exact) mass is 410 g/mol. The molecule has 0 heterocycles. The Morgan fingerprint density at radius 3 is 1.85 bits per heavy atom. The van der Waals surface area contributed by atoms with E-state index in [1.807, 2.05) is 0 Å². The van der Waals surface area contributed by atoms with Gasteiger partial charge in [0.15, 0.2) is 5.75 Å². The van der Waals surface area contributed by atoms with Crippen molar-refractivity contribution >= 4 is 38.0 Å². The maximum atomic E-state index is 11.8. The Morgan fingerprint density at radius 2 is 1.50 bits per heavy atom. The van der Waals surface area contributed by atoms with Crippen LogP contribution in [0.1, 0.15) is 20.8 Å². The molecule has 20 heavy (non-hydrogen) atoms. The van der Waals surface area contributed by atoms with Gasteiger partial charge in [-0.1, -0.05) is 0 Å². The summed E-state index contributed by atoms with van der Waals surface area (Å²) in [5.74, 6) is 1.18. The molecule has 5 nitrogen and oxygen atoms in total. The normalized spacial score (nSPS) is 10.9. The van der Waals surface area contributed by atoms with Crippen molar-refractivity contribution in [1.82, 2.24) is 0 Å². The van der Waals surface area contributed by atoms with Gasteiger partial charge in [0, 0.05) is 6.07 Å². The molecular weight excluding hydrogens is 396 g/mol. The molecule has 0 radical (unpaired) electrons. The Balaban J connectivity index is 3.14. The molecule has 0 unspecified atom stereocenters. The van der Waals surface area contributed by atoms with Gasteiger partial charge in [0.1, 0.15) is 26.0 Å². The van der Waals surface area contributed by atoms with E-state index >= 15 is 0 Å². The fraction of sp³-hybridized carbons (Fsp3) is 0.462. The summed E-state index contributed by atoms with van der Waals surface area (Å²) in [6.45, 7) is 5.26. The number of hydrogen-bond acceptors (Lipinski definition) is 5. The number of methoxy groups -OCH3 is 2. The fourth-order valence-electron chi connectivity index (χ4n) is 1.31. The van der Waals surface area contributed by atoms with Gasteiger partial charge in [0.05, 0.1) is 14.2 Å². The minimum absolute atomic E-state index is 0.232. The molecule has 1 aromatic carbocycles. The van der Waals surface area contributed by atoms with Gasteiger partial charge in [-0.25, -0.2) is 4.79 Å². The number of carbonyl (C=O) groups is 1. The van der Waals surface area contributed by atoms with Crippen molar-refractivity contribution in [3.05, 3.63) is 15.0 Å². The highest BCUT2D eigenvalue weighted by Crippen LogP contribution is 2.46. The number of ether oxygens (including phenoxy) is 4. The Morgan fingerprint density at radius 1 is 1.05 bits per heavy atom. The van der Waals surface area contributed by atoms with Gasteiger partial charge in [0.2, 0.25) is 0 Å². The number of carbonyl (C=O) groups excluding carboxylic acids is 1. The third kappa shape index (κ3) is 4.28. The van der Waals surface area contributed by atoms with Crippen LogP contribution in [-0.2, 0) is 4.74 Å². The standard InChI is InChI=1S/C13H16Br2O5/c1-13(2,3)20-12(16)19-11-9(14)7(17-4)6-8(18-5)10(11)15/h6H,1-5H3. The van der Waals surface area contributed by atoms with E-state index < -0.39 is 11.8 Å². The van der Waals surface area contributed by atoms with Gasteiger partial charge >= 0.3 is 6.16 Å². The number of benzene rings is 1. The van der Waals surface area contributed by atoms with E-state index in [9.17, 15) is 4.79 Å². The summed E-state index contributed by atoms with van der Waals surface area (Å²) >= 11 is 6.64. The lowest BCUT2D eigenvalue weighted by Crippen LogP contribution is -2.26. The Bertz CT molecular complexity index is 480. The summed E-state index contributed by atoms with van der Waals surface area (Å²) in [6.07, 6.45) is -0.811. The Kier molecular flexibility index (Phi) is 5.70. The van der Waals surface area contributed by atoms with E-state index in [1.54, 1.807) is 26.8 Å². The Hall–Kier alpha value is -0.950. The maximum Gasteiger partial charge on any atom is 0.514 e. The van der Waals surface area contributed by atoms with Crippen molar-refractivity contribution in [3.8, 4) is 17.2 Å². The van der Waals surface area contributed by atoms with E-state index in [4.69, 9.17) is 18.9 Å². The van der Waals surface area contributed by atoms with Gasteiger partial charge < -0.3 is 18.9 Å². The van der Waals surface area contributed by atoms with Crippen molar-refractivity contribution < 1.29 is 23.7 Å². The molecule has 112 valence electrons. The zero-order valence-electron chi connectivity index (χ0n) is 11.9. The molecule has 1 rings (SSSR count). The van der Waals surface area contributed by atoms with Crippen molar-refractivity contribution in [2.75, 3.05) is 14.2 Å². The quantitative estimate of drug-likeness (QED) is 0.539. The molecule has 0 aliphatic heterocycles. The first kappa shape index (κ1) is 17.1. The smallest absolute Gasteiger partial charge is 0.495 e. The van der Waals surface area contributed by atoms with E-state index in [-0.39, 0.29) is 5.75 Å². The second-order valence-electron chi connectivity index (χ2n) is 4.80. The highest BCUT2D eigenvalue weighted by molar-refractivity contribution is 9.11. The van der Waals surface area contributed by atoms with E-state index in [2.05, 4.69) is 31.9 Å². The van der Waals surface area contributed by atoms with Crippen molar-refractivity contribution in [3.63, 3.8) is 0 Å². The van der Waals surface area contributed by atoms with Crippen LogP contribution in [0.3, 0.4) is 0 Å². The second kappa shape index (κ2) is 6.67. The van der Waals surface area contributed by atoms with E-state index in [1.165, 1.54) is 14.2 Å². The molecule has 0 saturated heterocycles. The molecule has 1 aromatic rings. The minimum atomic E-state index is -0.811. The van der Waals surface area contributed by atoms with Gasteiger partial charge in [-0.3, -0.25) is 0 Å². The Labute approximate surface area is 134 Å². The molecule has 0 aliphatic rings. The summed E-state index contributed by atoms with van der Waals surface area (Å²) in [6, 6.07) is 1.66. The predicted molar refractivity (Wildman–Crippen MR) is 81.8 cm³/mol. The lowest BCUT2D eigenvalue weighted by Gasteiger charge is -2.20. The van der Waals surface area contributed by atoms with Crippen molar-refractivity contribution in [2.45, 2.75) is 26.4 Å². The summed E-state index contributed by atoms with van der Waals surface area (Å²) in [4.78, 5) is 11.8. The first-order valence-electron chi connectivity index (χ1n) is 5.70. The van der Waals surface area contributed by atoms with Gasteiger partial charge in [-0.2, -0.15) is 0 Å². The van der Waals surface area contributed by atoms with Crippen LogP contribution in [0.25, 0.3) is 0 Å². The van der Waals surface area contributed by atoms with Crippen LogP contribution in [0, 0.1) is 0 Å². The van der Waals surface area contributed by atoms with Crippen LogP contribution in [0.2, 0.25) is 0 Å². The summed E-state index contributed by atoms with van der Waals surface area (Å²) in [5.41, 5.74) is -0.640. The van der Waals surface area contributed by atoms with Gasteiger partial charge in [-0.15, -0.1) is 0 Å². The molecule has 0 bridgehead atoms. The summed E-state index contributed by atoms with van der Waals surface area (Å²) < 4.78 is 21.7. The molecular formula is C13H16Br2O5. The van der Waals surface area contributed by atoms with Crippen molar-refractivity contribution in [2.24, 2.45) is 0 Å². The van der Waals surface area contributed by atoms with Gasteiger partial charge in [-0.05, 0) is 52.6 Å². The van der Waals surface area contributed by atoms with Crippen LogP contribution in [-0.4, -0.2) is 26.0 Å². The fourth-order valence-corrected chi connectivity index (χ4v) is 2.68. The summed E-state index contributed by atoms with van der Waals surface area (Å²) in [5, 5.41) is 0. The number of rotatable bonds is 3. The molecule has 0 spiro atoms. The zero-order valence-corrected chi connectivity index (χ0v) is 15.0. The van der Waals surface area contributed by atoms with Crippen LogP contribution in [0.15, 0.2) is 15.0 Å². The zero-order chi connectivity index (χ0) is 15.5. The molecule has 0 aliphatic carbocycles. The average molecular weight is 412 g/mol. The van der Waals surface area contributed by atoms with Crippen LogP contribution < -0.4 is 14.2 Å². The first-order valence-corrected chi connectivity index (χ1v) is 7.29. The lowest BCUT2D eigenvalue weighted by molar-refractivity contribution is 0.0202. The van der Waals surface area contributed by atoms with E-state index in [0.29, 0.717) is 20.4 Å². The minimum Gasteiger partial charge on any atom is -0.495 e. The molecule has 0 fully saturated rings. The molecule has 0 amide bonds. The topological polar surface area (TPSA) is 54.0 Å². The van der Waals surface area contributed by atoms with Crippen LogP contribution >= 0.6 is 31.9 Å². The highest BCUT2D eigenvalue weighted by atomic mass is 79.9. The van der Waals surface area contributed by atoms with Crippen LogP contribution in [0.4, 0.5) is 4.79 Å². The third-order valence-corrected chi connectivity index (χ3v) is 3.61. The van der Waals surface area contributed by atoms with E-state index in [0.717, 1.165) is 0 Å². The SMILES string of the molecule is COc1cc(OC)c(Br)c(OC(=O)OC(C)(C)C)c1Br. The lowest BCUT2D eigenvalue weighted by atomic mass is 10.2. The molecule has 0 saturated carbocycles. The first-order chi connectivity index (χ1) is 9.19. The highest BCUT2D eigenvalue weighted by Gasteiger charge is 2.24. The second-order valence-corrected chi connectivity index (χ2v) is 6.39.